The van der Waals surface area contributed by atoms with Crippen molar-refractivity contribution in [2.45, 2.75) is 19.8 Å². The van der Waals surface area contributed by atoms with E-state index in [1.807, 2.05) is 6.92 Å². The minimum absolute atomic E-state index is 0.0293. The molecule has 110 valence electrons. The molecule has 0 bridgehead atoms. The standard InChI is InChI=1S/C14H13ClFN3O2/c1-2-3-11-13(17-7-12(19-11)14(20)21)18-8-4-5-9(15)10(16)6-8/h4-7H,2-3H2,1H3,(H,17,18)(H,20,21). The summed E-state index contributed by atoms with van der Waals surface area (Å²) in [7, 11) is 0. The Hall–Kier alpha value is -2.21. The van der Waals surface area contributed by atoms with Gasteiger partial charge < -0.3 is 10.4 Å². The van der Waals surface area contributed by atoms with E-state index >= 15 is 0 Å². The topological polar surface area (TPSA) is 75.1 Å². The molecule has 2 aromatic rings. The van der Waals surface area contributed by atoms with Crippen molar-refractivity contribution in [1.29, 1.82) is 0 Å². The number of carbonyl (C=O) groups is 1. The van der Waals surface area contributed by atoms with Gasteiger partial charge in [-0.05, 0) is 24.6 Å². The van der Waals surface area contributed by atoms with E-state index in [0.717, 1.165) is 12.6 Å². The third-order valence-corrected chi connectivity index (χ3v) is 3.04. The Morgan fingerprint density at radius 1 is 1.48 bits per heavy atom. The van der Waals surface area contributed by atoms with Crippen molar-refractivity contribution < 1.29 is 14.3 Å². The number of nitrogens with one attached hydrogen (secondary N) is 1. The van der Waals surface area contributed by atoms with Gasteiger partial charge in [0.2, 0.25) is 0 Å². The van der Waals surface area contributed by atoms with Gasteiger partial charge >= 0.3 is 5.97 Å². The molecule has 1 aromatic heterocycles. The summed E-state index contributed by atoms with van der Waals surface area (Å²) in [4.78, 5) is 19.0. The fourth-order valence-corrected chi connectivity index (χ4v) is 1.87. The number of hydrogen-bond donors (Lipinski definition) is 2. The molecule has 0 saturated carbocycles. The monoisotopic (exact) mass is 309 g/mol. The molecule has 0 spiro atoms. The van der Waals surface area contributed by atoms with Crippen LogP contribution >= 0.6 is 11.6 Å². The van der Waals surface area contributed by atoms with Crippen LogP contribution in [0.1, 0.15) is 29.5 Å². The smallest absolute Gasteiger partial charge is 0.356 e. The lowest BCUT2D eigenvalue weighted by Crippen LogP contribution is -2.08. The van der Waals surface area contributed by atoms with E-state index < -0.39 is 11.8 Å². The molecule has 21 heavy (non-hydrogen) atoms. The molecular formula is C14H13ClFN3O2. The number of hydrogen-bond acceptors (Lipinski definition) is 4. The lowest BCUT2D eigenvalue weighted by molar-refractivity contribution is 0.0689. The first-order valence-electron chi connectivity index (χ1n) is 6.32. The summed E-state index contributed by atoms with van der Waals surface area (Å²) in [6.07, 6.45) is 2.50. The van der Waals surface area contributed by atoms with Gasteiger partial charge in [-0.2, -0.15) is 0 Å². The van der Waals surface area contributed by atoms with Crippen LogP contribution in [0, 0.1) is 5.82 Å². The molecule has 7 heteroatoms. The molecule has 0 unspecified atom stereocenters. The number of nitrogens with zero attached hydrogens (tertiary/aromatic N) is 2. The summed E-state index contributed by atoms with van der Waals surface area (Å²) >= 11 is 5.62. The lowest BCUT2D eigenvalue weighted by atomic mass is 10.2. The largest absolute Gasteiger partial charge is 0.476 e. The van der Waals surface area contributed by atoms with Gasteiger partial charge in [-0.3, -0.25) is 0 Å². The zero-order chi connectivity index (χ0) is 15.4. The fourth-order valence-electron chi connectivity index (χ4n) is 1.76. The predicted molar refractivity (Wildman–Crippen MR) is 77.7 cm³/mol. The van der Waals surface area contributed by atoms with Crippen LogP contribution in [-0.2, 0) is 6.42 Å². The molecule has 0 aliphatic carbocycles. The predicted octanol–water partition coefficient (Wildman–Crippen LogP) is 3.66. The van der Waals surface area contributed by atoms with Gasteiger partial charge in [-0.1, -0.05) is 24.9 Å². The number of aromatic nitrogens is 2. The van der Waals surface area contributed by atoms with Crippen LogP contribution in [-0.4, -0.2) is 21.0 Å². The number of aromatic carboxylic acids is 1. The maximum atomic E-state index is 13.4. The number of carboxylic acid groups (broad SMARTS) is 1. The Balaban J connectivity index is 2.33. The fraction of sp³-hybridized carbons (Fsp3) is 0.214. The van der Waals surface area contributed by atoms with Crippen LogP contribution < -0.4 is 5.32 Å². The zero-order valence-electron chi connectivity index (χ0n) is 11.2. The molecule has 1 aromatic carbocycles. The number of carboxylic acids is 1. The van der Waals surface area contributed by atoms with Crippen LogP contribution in [0.15, 0.2) is 24.4 Å². The number of halogens is 2. The van der Waals surface area contributed by atoms with Gasteiger partial charge in [0, 0.05) is 5.69 Å². The number of aryl methyl sites for hydroxylation is 1. The highest BCUT2D eigenvalue weighted by atomic mass is 35.5. The van der Waals surface area contributed by atoms with E-state index in [1.54, 1.807) is 6.07 Å². The van der Waals surface area contributed by atoms with Gasteiger partial charge in [0.15, 0.2) is 11.5 Å². The Morgan fingerprint density at radius 2 is 2.24 bits per heavy atom. The van der Waals surface area contributed by atoms with E-state index in [4.69, 9.17) is 16.7 Å². The summed E-state index contributed by atoms with van der Waals surface area (Å²) in [6.45, 7) is 1.95. The molecular weight excluding hydrogens is 297 g/mol. The van der Waals surface area contributed by atoms with E-state index in [9.17, 15) is 9.18 Å². The molecule has 2 rings (SSSR count). The van der Waals surface area contributed by atoms with Crippen molar-refractivity contribution in [2.24, 2.45) is 0 Å². The van der Waals surface area contributed by atoms with Gasteiger partial charge in [0.1, 0.15) is 5.82 Å². The third kappa shape index (κ3) is 3.66. The molecule has 0 radical (unpaired) electrons. The van der Waals surface area contributed by atoms with Crippen molar-refractivity contribution in [3.05, 3.63) is 46.6 Å². The lowest BCUT2D eigenvalue weighted by Gasteiger charge is -2.10. The SMILES string of the molecule is CCCc1nc(C(=O)O)cnc1Nc1ccc(Cl)c(F)c1. The van der Waals surface area contributed by atoms with Crippen LogP contribution in [0.4, 0.5) is 15.9 Å². The highest BCUT2D eigenvalue weighted by Gasteiger charge is 2.12. The quantitative estimate of drug-likeness (QED) is 0.881. The van der Waals surface area contributed by atoms with Crippen molar-refractivity contribution in [3.8, 4) is 0 Å². The summed E-state index contributed by atoms with van der Waals surface area (Å²) in [5.74, 6) is -1.28. The molecule has 0 amide bonds. The molecule has 5 nitrogen and oxygen atoms in total. The molecule has 2 N–H and O–H groups in total. The molecule has 0 saturated heterocycles. The van der Waals surface area contributed by atoms with Gasteiger partial charge in [0.25, 0.3) is 0 Å². The van der Waals surface area contributed by atoms with Crippen LogP contribution in [0.25, 0.3) is 0 Å². The first kappa shape index (κ1) is 15.2. The summed E-state index contributed by atoms with van der Waals surface area (Å²) in [6, 6.07) is 4.27. The van der Waals surface area contributed by atoms with Crippen molar-refractivity contribution >= 4 is 29.1 Å². The Bertz CT molecular complexity index is 679. The molecule has 1 heterocycles. The molecule has 0 aliphatic heterocycles. The van der Waals surface area contributed by atoms with Gasteiger partial charge in [-0.25, -0.2) is 19.2 Å². The minimum atomic E-state index is -1.14. The summed E-state index contributed by atoms with van der Waals surface area (Å²) in [5.41, 5.74) is 0.866. The van der Waals surface area contributed by atoms with Crippen molar-refractivity contribution in [2.75, 3.05) is 5.32 Å². The Labute approximate surface area is 125 Å². The average molecular weight is 310 g/mol. The maximum absolute atomic E-state index is 13.4. The Morgan fingerprint density at radius 3 is 2.86 bits per heavy atom. The first-order valence-corrected chi connectivity index (χ1v) is 6.70. The summed E-state index contributed by atoms with van der Waals surface area (Å²) < 4.78 is 13.4. The number of rotatable bonds is 5. The van der Waals surface area contributed by atoms with Crippen LogP contribution in [0.5, 0.6) is 0 Å². The third-order valence-electron chi connectivity index (χ3n) is 2.73. The van der Waals surface area contributed by atoms with E-state index in [0.29, 0.717) is 23.6 Å². The average Bonchev–Trinajstić information content (AvgIpc) is 2.45. The van der Waals surface area contributed by atoms with Gasteiger partial charge in [0.05, 0.1) is 16.9 Å². The normalized spacial score (nSPS) is 10.4. The molecule has 0 aliphatic rings. The van der Waals surface area contributed by atoms with Crippen LogP contribution in [0.3, 0.4) is 0 Å². The van der Waals surface area contributed by atoms with E-state index in [1.165, 1.54) is 12.1 Å². The second-order valence-corrected chi connectivity index (χ2v) is 4.77. The highest BCUT2D eigenvalue weighted by Crippen LogP contribution is 2.23. The first-order chi connectivity index (χ1) is 10.0. The second-order valence-electron chi connectivity index (χ2n) is 4.36. The highest BCUT2D eigenvalue weighted by molar-refractivity contribution is 6.30. The van der Waals surface area contributed by atoms with Gasteiger partial charge in [-0.15, -0.1) is 0 Å². The number of benzene rings is 1. The minimum Gasteiger partial charge on any atom is -0.476 e. The molecule has 0 fully saturated rings. The zero-order valence-corrected chi connectivity index (χ0v) is 12.0. The second kappa shape index (κ2) is 6.49. The Kier molecular flexibility index (Phi) is 4.70. The molecule has 0 atom stereocenters. The van der Waals surface area contributed by atoms with Crippen molar-refractivity contribution in [3.63, 3.8) is 0 Å². The summed E-state index contributed by atoms with van der Waals surface area (Å²) in [5, 5.41) is 11.9. The van der Waals surface area contributed by atoms with Crippen LogP contribution in [0.2, 0.25) is 5.02 Å². The maximum Gasteiger partial charge on any atom is 0.356 e. The van der Waals surface area contributed by atoms with E-state index in [2.05, 4.69) is 15.3 Å². The number of anilines is 2. The van der Waals surface area contributed by atoms with Crippen molar-refractivity contribution in [1.82, 2.24) is 9.97 Å². The van der Waals surface area contributed by atoms with E-state index in [-0.39, 0.29) is 10.7 Å².